The Kier molecular flexibility index (Phi) is 6.11. The van der Waals surface area contributed by atoms with Crippen LogP contribution in [0.15, 0.2) is 0 Å². The minimum absolute atomic E-state index is 0.757. The molecule has 1 aliphatic carbocycles. The van der Waals surface area contributed by atoms with Crippen molar-refractivity contribution in [3.05, 3.63) is 0 Å². The molecular formula is C16H33N3. The van der Waals surface area contributed by atoms with Gasteiger partial charge in [-0.15, -0.1) is 0 Å². The van der Waals surface area contributed by atoms with Crippen molar-refractivity contribution >= 4 is 0 Å². The summed E-state index contributed by atoms with van der Waals surface area (Å²) in [6.45, 7) is 7.34. The van der Waals surface area contributed by atoms with Crippen molar-refractivity contribution < 1.29 is 0 Å². The number of likely N-dealkylation sites (tertiary alicyclic amines) is 1. The van der Waals surface area contributed by atoms with Crippen LogP contribution in [0.1, 0.15) is 44.9 Å². The molecular weight excluding hydrogens is 234 g/mol. The van der Waals surface area contributed by atoms with E-state index in [0.717, 1.165) is 25.0 Å². The molecule has 1 aliphatic heterocycles. The molecule has 0 unspecified atom stereocenters. The second kappa shape index (κ2) is 7.61. The highest BCUT2D eigenvalue weighted by Crippen LogP contribution is 2.44. The average molecular weight is 267 g/mol. The molecule has 3 nitrogen and oxygen atoms in total. The summed E-state index contributed by atoms with van der Waals surface area (Å²) in [7, 11) is 4.27. The summed E-state index contributed by atoms with van der Waals surface area (Å²) in [6.07, 6.45) is 10.4. The summed E-state index contributed by atoms with van der Waals surface area (Å²) in [5.41, 5.74) is 0.757. The smallest absolute Gasteiger partial charge is 0.0107 e. The van der Waals surface area contributed by atoms with Gasteiger partial charge in [0, 0.05) is 26.2 Å². The van der Waals surface area contributed by atoms with Crippen LogP contribution in [0.3, 0.4) is 0 Å². The Balaban J connectivity index is 1.56. The van der Waals surface area contributed by atoms with E-state index in [9.17, 15) is 0 Å². The van der Waals surface area contributed by atoms with Crippen molar-refractivity contribution in [1.82, 2.24) is 15.1 Å². The van der Waals surface area contributed by atoms with E-state index in [1.165, 1.54) is 64.6 Å². The first-order valence-corrected chi connectivity index (χ1v) is 8.28. The lowest BCUT2D eigenvalue weighted by molar-refractivity contribution is 0.0683. The van der Waals surface area contributed by atoms with E-state index < -0.39 is 0 Å². The zero-order valence-electron chi connectivity index (χ0n) is 13.1. The van der Waals surface area contributed by atoms with Crippen LogP contribution in [0.2, 0.25) is 0 Å². The van der Waals surface area contributed by atoms with E-state index in [0.29, 0.717) is 0 Å². The molecule has 0 bridgehead atoms. The van der Waals surface area contributed by atoms with Gasteiger partial charge in [-0.1, -0.05) is 19.3 Å². The van der Waals surface area contributed by atoms with E-state index in [2.05, 4.69) is 29.2 Å². The predicted molar refractivity (Wildman–Crippen MR) is 82.6 cm³/mol. The quantitative estimate of drug-likeness (QED) is 0.744. The molecule has 0 aromatic rings. The summed E-state index contributed by atoms with van der Waals surface area (Å²) in [5, 5.41) is 3.55. The fourth-order valence-corrected chi connectivity index (χ4v) is 3.72. The number of hydrogen-bond donors (Lipinski definition) is 1. The maximum Gasteiger partial charge on any atom is 0.0107 e. The largest absolute Gasteiger partial charge is 0.314 e. The normalized spacial score (nSPS) is 24.2. The van der Waals surface area contributed by atoms with Crippen LogP contribution in [-0.4, -0.2) is 63.2 Å². The molecule has 0 atom stereocenters. The Bertz CT molecular complexity index is 236. The average Bonchev–Trinajstić information content (AvgIpc) is 2.41. The van der Waals surface area contributed by atoms with Gasteiger partial charge in [-0.2, -0.15) is 0 Å². The monoisotopic (exact) mass is 267 g/mol. The lowest BCUT2D eigenvalue weighted by Gasteiger charge is -2.44. The van der Waals surface area contributed by atoms with Crippen LogP contribution < -0.4 is 5.32 Å². The number of likely N-dealkylation sites (N-methyl/N-ethyl adjacent to an activating group) is 1. The summed E-state index contributed by atoms with van der Waals surface area (Å²) in [5.74, 6) is 0. The molecule has 0 amide bonds. The van der Waals surface area contributed by atoms with E-state index in [1.807, 2.05) is 0 Å². The van der Waals surface area contributed by atoms with Gasteiger partial charge in [0.15, 0.2) is 0 Å². The SMILES string of the molecule is CN(C)CCNCCN1CCC2(CCCCC2)CC1. The Morgan fingerprint density at radius 2 is 1.63 bits per heavy atom. The fourth-order valence-electron chi connectivity index (χ4n) is 3.72. The Morgan fingerprint density at radius 3 is 2.26 bits per heavy atom. The molecule has 0 aromatic heterocycles. The standard InChI is InChI=1S/C16H33N3/c1-18(2)14-10-17-11-15-19-12-8-16(9-13-19)6-4-3-5-7-16/h17H,3-15H2,1-2H3. The third-order valence-corrected chi connectivity index (χ3v) is 5.17. The summed E-state index contributed by atoms with van der Waals surface area (Å²) in [4.78, 5) is 4.91. The van der Waals surface area contributed by atoms with E-state index in [-0.39, 0.29) is 0 Å². The summed E-state index contributed by atoms with van der Waals surface area (Å²) in [6, 6.07) is 0. The topological polar surface area (TPSA) is 18.5 Å². The first-order valence-electron chi connectivity index (χ1n) is 8.28. The fraction of sp³-hybridized carbons (Fsp3) is 1.00. The second-order valence-corrected chi connectivity index (χ2v) is 6.96. The van der Waals surface area contributed by atoms with Crippen LogP contribution in [0.4, 0.5) is 0 Å². The second-order valence-electron chi connectivity index (χ2n) is 6.96. The molecule has 2 rings (SSSR count). The molecule has 0 aromatic carbocycles. The molecule has 1 saturated carbocycles. The van der Waals surface area contributed by atoms with Crippen molar-refractivity contribution in [3.8, 4) is 0 Å². The van der Waals surface area contributed by atoms with Gasteiger partial charge in [-0.25, -0.2) is 0 Å². The lowest BCUT2D eigenvalue weighted by atomic mass is 9.68. The number of nitrogens with zero attached hydrogens (tertiary/aromatic N) is 2. The van der Waals surface area contributed by atoms with Gasteiger partial charge >= 0.3 is 0 Å². The van der Waals surface area contributed by atoms with E-state index >= 15 is 0 Å². The zero-order valence-corrected chi connectivity index (χ0v) is 13.1. The number of nitrogens with one attached hydrogen (secondary N) is 1. The van der Waals surface area contributed by atoms with Gasteiger partial charge in [0.1, 0.15) is 0 Å². The molecule has 1 N–H and O–H groups in total. The zero-order chi connectivity index (χ0) is 13.6. The summed E-state index contributed by atoms with van der Waals surface area (Å²) < 4.78 is 0. The van der Waals surface area contributed by atoms with Crippen LogP contribution in [0.5, 0.6) is 0 Å². The predicted octanol–water partition coefficient (Wildman–Crippen LogP) is 2.18. The molecule has 112 valence electrons. The van der Waals surface area contributed by atoms with Crippen molar-refractivity contribution in [2.24, 2.45) is 5.41 Å². The minimum atomic E-state index is 0.757. The third kappa shape index (κ3) is 5.05. The van der Waals surface area contributed by atoms with E-state index in [1.54, 1.807) is 0 Å². The van der Waals surface area contributed by atoms with Crippen LogP contribution in [-0.2, 0) is 0 Å². The Labute approximate surface area is 119 Å². The Hall–Kier alpha value is -0.120. The van der Waals surface area contributed by atoms with Crippen LogP contribution >= 0.6 is 0 Å². The van der Waals surface area contributed by atoms with Crippen molar-refractivity contribution in [1.29, 1.82) is 0 Å². The number of rotatable bonds is 6. The van der Waals surface area contributed by atoms with Crippen molar-refractivity contribution in [2.45, 2.75) is 44.9 Å². The first-order chi connectivity index (χ1) is 9.20. The number of hydrogen-bond acceptors (Lipinski definition) is 3. The molecule has 2 fully saturated rings. The van der Waals surface area contributed by atoms with Gasteiger partial charge in [0.05, 0.1) is 0 Å². The van der Waals surface area contributed by atoms with Crippen molar-refractivity contribution in [3.63, 3.8) is 0 Å². The highest BCUT2D eigenvalue weighted by atomic mass is 15.1. The van der Waals surface area contributed by atoms with Gasteiger partial charge in [-0.3, -0.25) is 0 Å². The maximum atomic E-state index is 3.55. The van der Waals surface area contributed by atoms with Gasteiger partial charge in [0.25, 0.3) is 0 Å². The minimum Gasteiger partial charge on any atom is -0.314 e. The highest BCUT2D eigenvalue weighted by Gasteiger charge is 2.35. The maximum absolute atomic E-state index is 3.55. The van der Waals surface area contributed by atoms with Crippen LogP contribution in [0, 0.1) is 5.41 Å². The number of piperidine rings is 1. The molecule has 1 saturated heterocycles. The van der Waals surface area contributed by atoms with Gasteiger partial charge in [-0.05, 0) is 58.3 Å². The van der Waals surface area contributed by atoms with Crippen molar-refractivity contribution in [2.75, 3.05) is 53.4 Å². The lowest BCUT2D eigenvalue weighted by Crippen LogP contribution is -2.43. The molecule has 19 heavy (non-hydrogen) atoms. The first kappa shape index (κ1) is 15.3. The van der Waals surface area contributed by atoms with Gasteiger partial charge in [0.2, 0.25) is 0 Å². The van der Waals surface area contributed by atoms with Crippen LogP contribution in [0.25, 0.3) is 0 Å². The molecule has 3 heteroatoms. The Morgan fingerprint density at radius 1 is 0.947 bits per heavy atom. The molecule has 0 radical (unpaired) electrons. The molecule has 2 aliphatic rings. The molecule has 1 spiro atoms. The third-order valence-electron chi connectivity index (χ3n) is 5.17. The highest BCUT2D eigenvalue weighted by molar-refractivity contribution is 4.88. The van der Waals surface area contributed by atoms with E-state index in [4.69, 9.17) is 0 Å². The summed E-state index contributed by atoms with van der Waals surface area (Å²) >= 11 is 0. The molecule has 1 heterocycles. The van der Waals surface area contributed by atoms with Gasteiger partial charge < -0.3 is 15.1 Å².